The van der Waals surface area contributed by atoms with Gasteiger partial charge in [-0.25, -0.2) is 4.68 Å². The van der Waals surface area contributed by atoms with E-state index < -0.39 is 0 Å². The number of carbonyl (C=O) groups excluding carboxylic acids is 1. The molecule has 31 heavy (non-hydrogen) atoms. The van der Waals surface area contributed by atoms with Crippen LogP contribution in [0.5, 0.6) is 11.5 Å². The summed E-state index contributed by atoms with van der Waals surface area (Å²) in [4.78, 5) is 19.6. The van der Waals surface area contributed by atoms with Crippen molar-refractivity contribution in [3.05, 3.63) is 66.0 Å². The number of nitrogens with zero attached hydrogens (tertiary/aromatic N) is 4. The number of aromatic nitrogens is 3. The number of para-hydroxylation sites is 1. The van der Waals surface area contributed by atoms with E-state index in [2.05, 4.69) is 10.1 Å². The lowest BCUT2D eigenvalue weighted by atomic mass is 9.91. The summed E-state index contributed by atoms with van der Waals surface area (Å²) in [6.45, 7) is 4.10. The van der Waals surface area contributed by atoms with E-state index in [4.69, 9.17) is 9.47 Å². The van der Waals surface area contributed by atoms with Crippen LogP contribution in [0.4, 0.5) is 5.95 Å². The first kappa shape index (κ1) is 20.9. The van der Waals surface area contributed by atoms with Crippen LogP contribution < -0.4 is 14.4 Å². The average molecular weight is 421 g/mol. The van der Waals surface area contributed by atoms with Gasteiger partial charge in [-0.15, -0.1) is 0 Å². The summed E-state index contributed by atoms with van der Waals surface area (Å²) in [7, 11) is 3.32. The summed E-state index contributed by atoms with van der Waals surface area (Å²) in [6, 6.07) is 15.5. The number of ether oxygens (including phenoxy) is 2. The molecule has 0 spiro atoms. The molecule has 162 valence electrons. The summed E-state index contributed by atoms with van der Waals surface area (Å²) in [6.07, 6.45) is 2.62. The maximum atomic E-state index is 13.3. The Kier molecular flexibility index (Phi) is 5.93. The molecule has 1 aromatic heterocycles. The van der Waals surface area contributed by atoms with Gasteiger partial charge in [-0.05, 0) is 36.1 Å². The van der Waals surface area contributed by atoms with Crippen molar-refractivity contribution in [3.8, 4) is 11.5 Å². The first-order valence-corrected chi connectivity index (χ1v) is 10.5. The van der Waals surface area contributed by atoms with Crippen LogP contribution in [0.3, 0.4) is 0 Å². The minimum Gasteiger partial charge on any atom is -0.497 e. The number of methoxy groups -OCH3 is 2. The zero-order valence-electron chi connectivity index (χ0n) is 18.4. The molecule has 2 heterocycles. The Morgan fingerprint density at radius 3 is 2.48 bits per heavy atom. The molecule has 0 bridgehead atoms. The van der Waals surface area contributed by atoms with Gasteiger partial charge in [0.05, 0.1) is 26.3 Å². The van der Waals surface area contributed by atoms with Crippen molar-refractivity contribution >= 4 is 11.9 Å². The Morgan fingerprint density at radius 2 is 1.81 bits per heavy atom. The zero-order valence-corrected chi connectivity index (χ0v) is 18.4. The lowest BCUT2D eigenvalue weighted by Gasteiger charge is -2.39. The molecule has 3 aromatic rings. The van der Waals surface area contributed by atoms with Crippen molar-refractivity contribution < 1.29 is 14.3 Å². The highest BCUT2D eigenvalue weighted by atomic mass is 16.5. The van der Waals surface area contributed by atoms with Crippen LogP contribution in [-0.2, 0) is 4.79 Å². The van der Waals surface area contributed by atoms with Gasteiger partial charge >= 0.3 is 0 Å². The summed E-state index contributed by atoms with van der Waals surface area (Å²) in [5.41, 5.74) is 2.05. The van der Waals surface area contributed by atoms with Crippen molar-refractivity contribution in [2.75, 3.05) is 19.1 Å². The summed E-state index contributed by atoms with van der Waals surface area (Å²) in [5, 5.41) is 4.49. The van der Waals surface area contributed by atoms with E-state index in [1.54, 1.807) is 19.1 Å². The molecule has 0 saturated carbocycles. The van der Waals surface area contributed by atoms with Gasteiger partial charge in [0, 0.05) is 12.0 Å². The SMILES string of the molecule is COc1ccc([C@@H]2C[C@H](c3ccccc3OC)n3ncnc3N2C(=O)CC(C)C)cc1. The van der Waals surface area contributed by atoms with Crippen LogP contribution in [0.15, 0.2) is 54.9 Å². The van der Waals surface area contributed by atoms with E-state index in [1.807, 2.05) is 67.1 Å². The molecule has 0 saturated heterocycles. The molecule has 0 N–H and O–H groups in total. The number of fused-ring (bicyclic) bond motifs is 1. The minimum atomic E-state index is -0.177. The molecule has 0 fully saturated rings. The monoisotopic (exact) mass is 420 g/mol. The standard InChI is InChI=1S/C24H28N4O3/c1-16(2)13-23(29)27-20(17-9-11-18(30-3)12-10-17)14-21(28-24(27)25-15-26-28)19-7-5-6-8-22(19)31-4/h5-12,15-16,20-21H,13-14H2,1-4H3/t20-,21+/m0/s1. The van der Waals surface area contributed by atoms with Crippen molar-refractivity contribution in [3.63, 3.8) is 0 Å². The van der Waals surface area contributed by atoms with Crippen molar-refractivity contribution in [1.29, 1.82) is 0 Å². The van der Waals surface area contributed by atoms with Crippen LogP contribution in [0.25, 0.3) is 0 Å². The number of hydrogen-bond donors (Lipinski definition) is 0. The maximum absolute atomic E-state index is 13.3. The summed E-state index contributed by atoms with van der Waals surface area (Å²) < 4.78 is 12.8. The van der Waals surface area contributed by atoms with Crippen LogP contribution >= 0.6 is 0 Å². The van der Waals surface area contributed by atoms with Gasteiger partial charge in [-0.3, -0.25) is 9.69 Å². The number of hydrogen-bond acceptors (Lipinski definition) is 5. The van der Waals surface area contributed by atoms with E-state index in [1.165, 1.54) is 6.33 Å². The highest BCUT2D eigenvalue weighted by molar-refractivity contribution is 5.93. The molecule has 4 rings (SSSR count). The molecule has 2 aromatic carbocycles. The van der Waals surface area contributed by atoms with E-state index in [0.29, 0.717) is 18.8 Å². The minimum absolute atomic E-state index is 0.0449. The van der Waals surface area contributed by atoms with Gasteiger partial charge < -0.3 is 9.47 Å². The lowest BCUT2D eigenvalue weighted by Crippen LogP contribution is -2.43. The smallest absolute Gasteiger partial charge is 0.231 e. The van der Waals surface area contributed by atoms with Gasteiger partial charge in [0.2, 0.25) is 11.9 Å². The van der Waals surface area contributed by atoms with Crippen LogP contribution in [-0.4, -0.2) is 34.9 Å². The van der Waals surface area contributed by atoms with Crippen LogP contribution in [0.1, 0.15) is 49.9 Å². The van der Waals surface area contributed by atoms with Crippen LogP contribution in [0.2, 0.25) is 0 Å². The van der Waals surface area contributed by atoms with Crippen molar-refractivity contribution in [2.24, 2.45) is 5.92 Å². The Labute approximate surface area is 182 Å². The quantitative estimate of drug-likeness (QED) is 0.591. The Balaban J connectivity index is 1.83. The second kappa shape index (κ2) is 8.79. The second-order valence-corrected chi connectivity index (χ2v) is 8.15. The summed E-state index contributed by atoms with van der Waals surface area (Å²) in [5.74, 6) is 2.43. The van der Waals surface area contributed by atoms with E-state index >= 15 is 0 Å². The molecule has 2 atom stereocenters. The number of carbonyl (C=O) groups is 1. The maximum Gasteiger partial charge on any atom is 0.231 e. The average Bonchev–Trinajstić information content (AvgIpc) is 3.27. The first-order chi connectivity index (χ1) is 15.0. The van der Waals surface area contributed by atoms with E-state index in [9.17, 15) is 4.79 Å². The van der Waals surface area contributed by atoms with Gasteiger partial charge in [0.1, 0.15) is 17.8 Å². The van der Waals surface area contributed by atoms with E-state index in [0.717, 1.165) is 22.6 Å². The molecule has 0 aliphatic carbocycles. The number of amides is 1. The highest BCUT2D eigenvalue weighted by Gasteiger charge is 2.40. The Bertz CT molecular complexity index is 1040. The predicted molar refractivity (Wildman–Crippen MR) is 118 cm³/mol. The lowest BCUT2D eigenvalue weighted by molar-refractivity contribution is -0.120. The molecule has 1 aliphatic heterocycles. The zero-order chi connectivity index (χ0) is 22.0. The molecule has 0 radical (unpaired) electrons. The van der Waals surface area contributed by atoms with Gasteiger partial charge in [0.15, 0.2) is 0 Å². The highest BCUT2D eigenvalue weighted by Crippen LogP contribution is 2.44. The van der Waals surface area contributed by atoms with Gasteiger partial charge in [0.25, 0.3) is 0 Å². The van der Waals surface area contributed by atoms with Crippen LogP contribution in [0, 0.1) is 5.92 Å². The van der Waals surface area contributed by atoms with Gasteiger partial charge in [-0.1, -0.05) is 44.2 Å². The summed E-state index contributed by atoms with van der Waals surface area (Å²) >= 11 is 0. The third-order valence-electron chi connectivity index (χ3n) is 5.67. The largest absolute Gasteiger partial charge is 0.497 e. The van der Waals surface area contributed by atoms with Gasteiger partial charge in [-0.2, -0.15) is 10.1 Å². The number of benzene rings is 2. The third-order valence-corrected chi connectivity index (χ3v) is 5.67. The first-order valence-electron chi connectivity index (χ1n) is 10.5. The third kappa shape index (κ3) is 4.00. The number of anilines is 1. The molecule has 7 nitrogen and oxygen atoms in total. The second-order valence-electron chi connectivity index (χ2n) is 8.15. The normalized spacial score (nSPS) is 18.0. The van der Waals surface area contributed by atoms with E-state index in [-0.39, 0.29) is 23.9 Å². The van der Waals surface area contributed by atoms with Crippen molar-refractivity contribution in [2.45, 2.75) is 38.8 Å². The van der Waals surface area contributed by atoms with Crippen molar-refractivity contribution in [1.82, 2.24) is 14.8 Å². The molecule has 0 unspecified atom stereocenters. The fraction of sp³-hybridized carbons (Fsp3) is 0.375. The Morgan fingerprint density at radius 1 is 1.06 bits per heavy atom. The molecule has 7 heteroatoms. The molecule has 1 aliphatic rings. The fourth-order valence-electron chi connectivity index (χ4n) is 4.24. The Hall–Kier alpha value is -3.35. The fourth-order valence-corrected chi connectivity index (χ4v) is 4.24. The molecular weight excluding hydrogens is 392 g/mol. The number of rotatable bonds is 6. The predicted octanol–water partition coefficient (Wildman–Crippen LogP) is 4.41. The topological polar surface area (TPSA) is 69.5 Å². The molecule has 1 amide bonds. The molecular formula is C24H28N4O3.